The predicted molar refractivity (Wildman–Crippen MR) is 179 cm³/mol. The van der Waals surface area contributed by atoms with E-state index in [0.29, 0.717) is 6.42 Å². The molecule has 51 heavy (non-hydrogen) atoms. The van der Waals surface area contributed by atoms with Crippen LogP contribution in [0.2, 0.25) is 0 Å². The third-order valence-corrected chi connectivity index (χ3v) is 11.0. The number of ketones is 3. The van der Waals surface area contributed by atoms with Crippen LogP contribution in [0, 0.1) is 0 Å². The molecule has 0 aromatic heterocycles. The lowest BCUT2D eigenvalue weighted by molar-refractivity contribution is -0.254. The Hall–Kier alpha value is -3.48. The molecule has 280 valence electrons. The van der Waals surface area contributed by atoms with Crippen LogP contribution >= 0.6 is 0 Å². The van der Waals surface area contributed by atoms with E-state index in [4.69, 9.17) is 18.5 Å². The van der Waals surface area contributed by atoms with Crippen molar-refractivity contribution in [1.82, 2.24) is 5.48 Å². The minimum atomic E-state index is -4.01. The molecule has 1 aliphatic heterocycles. The van der Waals surface area contributed by atoms with Crippen molar-refractivity contribution >= 4 is 27.5 Å². The van der Waals surface area contributed by atoms with Gasteiger partial charge >= 0.3 is 0 Å². The van der Waals surface area contributed by atoms with Gasteiger partial charge in [0.1, 0.15) is 29.5 Å². The molecular weight excluding hydrogens is 690 g/mol. The van der Waals surface area contributed by atoms with E-state index in [0.717, 1.165) is 32.1 Å². The summed E-state index contributed by atoms with van der Waals surface area (Å²) in [4.78, 5) is 40.4. The maximum atomic E-state index is 13.9. The van der Waals surface area contributed by atoms with Crippen molar-refractivity contribution in [2.45, 2.75) is 108 Å². The van der Waals surface area contributed by atoms with Gasteiger partial charge in [0, 0.05) is 36.0 Å². The number of ether oxygens (including phenoxy) is 3. The van der Waals surface area contributed by atoms with Crippen LogP contribution < -0.4 is 10.2 Å². The van der Waals surface area contributed by atoms with E-state index >= 15 is 0 Å². The number of carbonyl (C=O) groups excluding carboxylic acids is 3. The number of rotatable bonds is 15. The Morgan fingerprint density at radius 3 is 2.41 bits per heavy atom. The Balaban J connectivity index is 1.44. The first-order valence-electron chi connectivity index (χ1n) is 17.1. The van der Waals surface area contributed by atoms with Gasteiger partial charge in [0.05, 0.1) is 53.9 Å². The molecule has 6 N–H and O–H groups in total. The number of phenolic OH excluding ortho intramolecular Hbond substituents is 2. The second-order valence-electron chi connectivity index (χ2n) is 13.3. The van der Waals surface area contributed by atoms with Crippen molar-refractivity contribution < 1.29 is 66.8 Å². The summed E-state index contributed by atoms with van der Waals surface area (Å²) in [7, 11) is -2.71. The first kappa shape index (κ1) is 38.7. The number of hydrogen-bond acceptors (Lipinski definition) is 15. The molecule has 2 aromatic rings. The van der Waals surface area contributed by atoms with Gasteiger partial charge < -0.3 is 39.7 Å². The van der Waals surface area contributed by atoms with E-state index in [2.05, 4.69) is 12.4 Å². The number of aliphatic hydroxyl groups excluding tert-OH is 2. The number of fused-ring (bicyclic) bond motifs is 3. The minimum Gasteiger partial charge on any atom is -0.507 e. The van der Waals surface area contributed by atoms with Crippen LogP contribution in [-0.4, -0.2) is 101 Å². The third kappa shape index (κ3) is 7.69. The van der Waals surface area contributed by atoms with Gasteiger partial charge in [0.2, 0.25) is 5.78 Å². The molecule has 0 radical (unpaired) electrons. The van der Waals surface area contributed by atoms with E-state index in [1.165, 1.54) is 32.2 Å². The molecule has 15 nitrogen and oxygen atoms in total. The van der Waals surface area contributed by atoms with Gasteiger partial charge in [-0.25, -0.2) is 0 Å². The van der Waals surface area contributed by atoms with E-state index in [9.17, 15) is 48.3 Å². The van der Waals surface area contributed by atoms with Gasteiger partial charge in [-0.1, -0.05) is 51.2 Å². The highest BCUT2D eigenvalue weighted by Crippen LogP contribution is 2.52. The smallest absolute Gasteiger partial charge is 0.283 e. The van der Waals surface area contributed by atoms with Gasteiger partial charge in [-0.15, -0.1) is 0 Å². The normalized spacial score (nSPS) is 26.0. The second kappa shape index (κ2) is 15.6. The number of hydroxylamine groups is 1. The predicted octanol–water partition coefficient (Wildman–Crippen LogP) is 2.25. The van der Waals surface area contributed by atoms with E-state index < -0.39 is 106 Å². The molecule has 1 saturated heterocycles. The molecule has 1 heterocycles. The van der Waals surface area contributed by atoms with Crippen LogP contribution in [0.25, 0.3) is 0 Å². The van der Waals surface area contributed by atoms with E-state index in [1.807, 2.05) is 0 Å². The molecule has 0 amide bonds. The zero-order valence-electron chi connectivity index (χ0n) is 28.7. The lowest BCUT2D eigenvalue weighted by atomic mass is 9.72. The molecule has 16 heteroatoms. The quantitative estimate of drug-likeness (QED) is 0.0746. The van der Waals surface area contributed by atoms with Crippen LogP contribution in [0.1, 0.15) is 114 Å². The molecule has 0 saturated carbocycles. The Labute approximate surface area is 295 Å². The van der Waals surface area contributed by atoms with Crippen LogP contribution in [0.5, 0.6) is 17.2 Å². The largest absolute Gasteiger partial charge is 0.507 e. The lowest BCUT2D eigenvalue weighted by Gasteiger charge is -2.42. The molecule has 1 fully saturated rings. The van der Waals surface area contributed by atoms with Crippen molar-refractivity contribution in [3.8, 4) is 17.2 Å². The summed E-state index contributed by atoms with van der Waals surface area (Å²) in [6, 6.07) is 3.25. The molecule has 0 bridgehead atoms. The molecule has 2 aromatic carbocycles. The third-order valence-electron chi connectivity index (χ3n) is 9.83. The van der Waals surface area contributed by atoms with Crippen molar-refractivity contribution in [3.63, 3.8) is 0 Å². The molecule has 2 aliphatic carbocycles. The highest BCUT2D eigenvalue weighted by Gasteiger charge is 2.50. The molecule has 3 aliphatic rings. The van der Waals surface area contributed by atoms with Crippen LogP contribution in [0.3, 0.4) is 0 Å². The van der Waals surface area contributed by atoms with Crippen molar-refractivity contribution in [2.24, 2.45) is 0 Å². The molecular formula is C35H45NO14S. The van der Waals surface area contributed by atoms with E-state index in [-0.39, 0.29) is 40.2 Å². The Morgan fingerprint density at radius 2 is 1.73 bits per heavy atom. The average Bonchev–Trinajstić information content (AvgIpc) is 3.10. The number of hydrogen-bond donors (Lipinski definition) is 6. The fraction of sp³-hybridized carbons (Fsp3) is 0.571. The number of nitrogens with one attached hydrogen (secondary N) is 1. The number of benzene rings is 2. The SMILES string of the molecule is CCCCCCCCS(=O)(=O)ONC1CC(O[C@H]2C[C@](O)(C(=O)CO)Cc3c(O)c4c(c(O)c32)C(=O)c2c(OC)cccc2C4=O)OC(C)C1O. The maximum Gasteiger partial charge on any atom is 0.283 e. The summed E-state index contributed by atoms with van der Waals surface area (Å²) in [5, 5.41) is 55.2. The molecule has 6 atom stereocenters. The number of aliphatic hydroxyl groups is 3. The monoisotopic (exact) mass is 735 g/mol. The van der Waals surface area contributed by atoms with Crippen molar-refractivity contribution in [3.05, 3.63) is 51.6 Å². The van der Waals surface area contributed by atoms with Crippen LogP contribution in [0.4, 0.5) is 0 Å². The molecule has 0 spiro atoms. The zero-order chi connectivity index (χ0) is 37.2. The van der Waals surface area contributed by atoms with Crippen LogP contribution in [-0.2, 0) is 35.1 Å². The van der Waals surface area contributed by atoms with Gasteiger partial charge in [-0.3, -0.25) is 14.4 Å². The maximum absolute atomic E-state index is 13.9. The summed E-state index contributed by atoms with van der Waals surface area (Å²) in [6.07, 6.45) is -1.28. The standard InChI is InChI=1S/C35H45NO14S/c1-4-5-6-7-8-9-13-51(45,46)50-36-21-14-25(48-18(2)30(21)39)49-23-16-35(44,24(38)17-37)15-20-27(23)34(43)29-28(32(20)41)31(40)19-11-10-12-22(47-3)26(19)33(29)42/h10-12,18,21,23,25,30,36-37,39,41,43-44H,4-9,13-17H2,1-3H3/t18?,21?,23-,25?,30?,35-/m0/s1. The number of carbonyl (C=O) groups is 3. The molecule has 5 rings (SSSR count). The summed E-state index contributed by atoms with van der Waals surface area (Å²) in [5.74, 6) is -4.35. The second-order valence-corrected chi connectivity index (χ2v) is 15.0. The first-order valence-corrected chi connectivity index (χ1v) is 18.6. The van der Waals surface area contributed by atoms with Gasteiger partial charge in [0.25, 0.3) is 10.1 Å². The minimum absolute atomic E-state index is 0.0572. The van der Waals surface area contributed by atoms with Crippen molar-refractivity contribution in [2.75, 3.05) is 19.5 Å². The highest BCUT2D eigenvalue weighted by molar-refractivity contribution is 7.86. The Kier molecular flexibility index (Phi) is 11.9. The summed E-state index contributed by atoms with van der Waals surface area (Å²) in [6.45, 7) is 2.50. The summed E-state index contributed by atoms with van der Waals surface area (Å²) < 4.78 is 47.5. The number of methoxy groups -OCH3 is 1. The summed E-state index contributed by atoms with van der Waals surface area (Å²) >= 11 is 0. The van der Waals surface area contributed by atoms with Gasteiger partial charge in [-0.05, 0) is 19.4 Å². The average molecular weight is 736 g/mol. The topological polar surface area (TPSA) is 235 Å². The number of Topliss-reactive ketones (excluding diaryl/α,β-unsaturated/α-hetero) is 1. The zero-order valence-corrected chi connectivity index (χ0v) is 29.5. The van der Waals surface area contributed by atoms with E-state index in [1.54, 1.807) is 0 Å². The number of unbranched alkanes of at least 4 members (excludes halogenated alkanes) is 5. The van der Waals surface area contributed by atoms with Gasteiger partial charge in [0.15, 0.2) is 17.9 Å². The fourth-order valence-electron chi connectivity index (χ4n) is 7.07. The highest BCUT2D eigenvalue weighted by atomic mass is 32.2. The Bertz CT molecular complexity index is 1780. The lowest BCUT2D eigenvalue weighted by Crippen LogP contribution is -2.55. The number of aromatic hydroxyl groups is 2. The van der Waals surface area contributed by atoms with Gasteiger partial charge in [-0.2, -0.15) is 18.2 Å². The first-order chi connectivity index (χ1) is 24.2. The molecule has 4 unspecified atom stereocenters. The van der Waals surface area contributed by atoms with Crippen LogP contribution in [0.15, 0.2) is 18.2 Å². The Morgan fingerprint density at radius 1 is 1.04 bits per heavy atom. The fourth-order valence-corrected chi connectivity index (χ4v) is 7.98. The number of phenols is 2. The van der Waals surface area contributed by atoms with Crippen molar-refractivity contribution in [1.29, 1.82) is 0 Å². The summed E-state index contributed by atoms with van der Waals surface area (Å²) in [5.41, 5.74) is -1.70.